The summed E-state index contributed by atoms with van der Waals surface area (Å²) in [6, 6.07) is 8.31. The maximum Gasteiger partial charge on any atom is 0.255 e. The van der Waals surface area contributed by atoms with Gasteiger partial charge < -0.3 is 31.9 Å². The van der Waals surface area contributed by atoms with Crippen molar-refractivity contribution >= 4 is 23.4 Å². The van der Waals surface area contributed by atoms with E-state index in [1.807, 2.05) is 0 Å². The molecule has 0 aromatic heterocycles. The van der Waals surface area contributed by atoms with E-state index in [9.17, 15) is 39.6 Å². The van der Waals surface area contributed by atoms with Crippen LogP contribution in [0, 0.1) is 11.8 Å². The Labute approximate surface area is 222 Å². The Hall–Kier alpha value is -4.48. The molecule has 8 N–H and O–H groups in total. The second-order valence-electron chi connectivity index (χ2n) is 10.4. The SMILES string of the molecule is CN(C)[C@H]1C(O)=C(C(N)=O)C(=O)[C@@]2(O)C(O)=C3C(=O)c4c(O)ccc(-c5cccc(C(N)=O)c5)c4CC3CC12. The molecule has 0 heterocycles. The second kappa shape index (κ2) is 8.79. The van der Waals surface area contributed by atoms with E-state index in [0.717, 1.165) is 0 Å². The predicted molar refractivity (Wildman–Crippen MR) is 138 cm³/mol. The molecule has 3 aliphatic carbocycles. The lowest BCUT2D eigenvalue weighted by Gasteiger charge is -2.50. The molecule has 0 saturated heterocycles. The van der Waals surface area contributed by atoms with Gasteiger partial charge in [0.05, 0.1) is 11.6 Å². The van der Waals surface area contributed by atoms with Crippen molar-refractivity contribution in [1.82, 2.24) is 4.90 Å². The van der Waals surface area contributed by atoms with Crippen molar-refractivity contribution in [1.29, 1.82) is 0 Å². The van der Waals surface area contributed by atoms with Gasteiger partial charge in [0.15, 0.2) is 11.4 Å². The molecule has 2 unspecified atom stereocenters. The first-order valence-electron chi connectivity index (χ1n) is 12.2. The summed E-state index contributed by atoms with van der Waals surface area (Å²) in [5.74, 6) is -7.76. The van der Waals surface area contributed by atoms with E-state index >= 15 is 0 Å². The molecule has 5 rings (SSSR count). The second-order valence-corrected chi connectivity index (χ2v) is 10.4. The summed E-state index contributed by atoms with van der Waals surface area (Å²) in [4.78, 5) is 52.5. The van der Waals surface area contributed by atoms with Gasteiger partial charge in [-0.05, 0) is 67.7 Å². The zero-order valence-electron chi connectivity index (χ0n) is 21.1. The van der Waals surface area contributed by atoms with Gasteiger partial charge in [-0.1, -0.05) is 18.2 Å². The van der Waals surface area contributed by atoms with Gasteiger partial charge >= 0.3 is 0 Å². The molecule has 39 heavy (non-hydrogen) atoms. The van der Waals surface area contributed by atoms with Crippen LogP contribution in [-0.2, 0) is 16.0 Å². The van der Waals surface area contributed by atoms with Gasteiger partial charge in [-0.3, -0.25) is 24.1 Å². The highest BCUT2D eigenvalue weighted by molar-refractivity contribution is 6.25. The van der Waals surface area contributed by atoms with Crippen LogP contribution < -0.4 is 11.5 Å². The fourth-order valence-corrected chi connectivity index (χ4v) is 6.36. The normalized spacial score (nSPS) is 26.3. The molecule has 0 bridgehead atoms. The van der Waals surface area contributed by atoms with Gasteiger partial charge in [0.1, 0.15) is 22.8 Å². The molecular weight excluding hydrogens is 506 g/mol. The third-order valence-electron chi connectivity index (χ3n) is 8.06. The zero-order valence-corrected chi connectivity index (χ0v) is 21.1. The lowest BCUT2D eigenvalue weighted by molar-refractivity contribution is -0.148. The number of aliphatic hydroxyl groups is 3. The smallest absolute Gasteiger partial charge is 0.255 e. The van der Waals surface area contributed by atoms with Gasteiger partial charge in [-0.15, -0.1) is 0 Å². The molecule has 3 aliphatic rings. The number of aliphatic hydroxyl groups excluding tert-OH is 2. The first-order chi connectivity index (χ1) is 18.3. The van der Waals surface area contributed by atoms with Crippen LogP contribution in [0.3, 0.4) is 0 Å². The van der Waals surface area contributed by atoms with Gasteiger partial charge in [0.2, 0.25) is 11.7 Å². The lowest BCUT2D eigenvalue weighted by Crippen LogP contribution is -2.63. The molecule has 0 fully saturated rings. The summed E-state index contributed by atoms with van der Waals surface area (Å²) in [7, 11) is 3.13. The van der Waals surface area contributed by atoms with Gasteiger partial charge in [-0.25, -0.2) is 0 Å². The fraction of sp³-hybridized carbons (Fsp3) is 0.286. The zero-order chi connectivity index (χ0) is 28.5. The lowest BCUT2D eigenvalue weighted by atomic mass is 9.58. The summed E-state index contributed by atoms with van der Waals surface area (Å²) in [6.07, 6.45) is 0.0985. The van der Waals surface area contributed by atoms with Gasteiger partial charge in [-0.2, -0.15) is 0 Å². The van der Waals surface area contributed by atoms with Crippen LogP contribution in [0.1, 0.15) is 32.7 Å². The quantitative estimate of drug-likeness (QED) is 0.308. The average Bonchev–Trinajstić information content (AvgIpc) is 2.86. The number of likely N-dealkylation sites (N-methyl/N-ethyl adjacent to an activating group) is 1. The molecule has 2 amide bonds. The molecular formula is C28H27N3O8. The number of hydrogen-bond donors (Lipinski definition) is 6. The molecule has 202 valence electrons. The van der Waals surface area contributed by atoms with Crippen molar-refractivity contribution in [3.05, 3.63) is 75.8 Å². The molecule has 0 aliphatic heterocycles. The molecule has 4 atom stereocenters. The highest BCUT2D eigenvalue weighted by Gasteiger charge is 2.63. The molecule has 2 aromatic rings. The van der Waals surface area contributed by atoms with Crippen molar-refractivity contribution in [2.75, 3.05) is 14.1 Å². The molecule has 0 saturated carbocycles. The largest absolute Gasteiger partial charge is 0.510 e. The number of nitrogens with two attached hydrogens (primary N) is 2. The topological polar surface area (TPSA) is 204 Å². The molecule has 0 spiro atoms. The number of ketones is 2. The fourth-order valence-electron chi connectivity index (χ4n) is 6.36. The summed E-state index contributed by atoms with van der Waals surface area (Å²) in [5.41, 5.74) is 8.70. The van der Waals surface area contributed by atoms with Gasteiger partial charge in [0, 0.05) is 17.1 Å². The van der Waals surface area contributed by atoms with Crippen LogP contribution in [0.15, 0.2) is 59.1 Å². The van der Waals surface area contributed by atoms with Crippen LogP contribution in [0.4, 0.5) is 0 Å². The number of benzene rings is 2. The average molecular weight is 534 g/mol. The number of amides is 2. The predicted octanol–water partition coefficient (Wildman–Crippen LogP) is 0.887. The minimum absolute atomic E-state index is 0.0256. The van der Waals surface area contributed by atoms with Crippen LogP contribution in [0.25, 0.3) is 11.1 Å². The summed E-state index contributed by atoms with van der Waals surface area (Å²) < 4.78 is 0. The molecule has 11 nitrogen and oxygen atoms in total. The van der Waals surface area contributed by atoms with Crippen molar-refractivity contribution in [2.24, 2.45) is 23.3 Å². The van der Waals surface area contributed by atoms with Crippen molar-refractivity contribution in [3.63, 3.8) is 0 Å². The van der Waals surface area contributed by atoms with E-state index < -0.39 is 64.0 Å². The highest BCUT2D eigenvalue weighted by Crippen LogP contribution is 2.53. The minimum atomic E-state index is -2.70. The highest BCUT2D eigenvalue weighted by atomic mass is 16.3. The number of carbonyl (C=O) groups is 4. The molecule has 0 radical (unpaired) electrons. The Balaban J connectivity index is 1.72. The van der Waals surface area contributed by atoms with Crippen molar-refractivity contribution < 1.29 is 39.6 Å². The Bertz CT molecular complexity index is 1560. The summed E-state index contributed by atoms with van der Waals surface area (Å²) >= 11 is 0. The third kappa shape index (κ3) is 3.57. The van der Waals surface area contributed by atoms with E-state index in [0.29, 0.717) is 16.7 Å². The number of aromatic hydroxyl groups is 1. The van der Waals surface area contributed by atoms with Crippen LogP contribution in [0.2, 0.25) is 0 Å². The number of allylic oxidation sites excluding steroid dienone is 1. The Kier molecular flexibility index (Phi) is 5.89. The van der Waals surface area contributed by atoms with E-state index in [2.05, 4.69) is 0 Å². The number of phenolic OH excluding ortho intramolecular Hbond substituents is 1. The standard InChI is InChI=1S/C28H27N3O8/c1-31(2)21-16-10-13-9-15-14(11-4-3-5-12(8-11)26(29)37)6-7-17(32)19(15)22(33)18(13)24(35)28(16,39)25(36)20(23(21)34)27(30)38/h3-8,13,16,21,32,34-35,39H,9-10H2,1-2H3,(H2,29,37)(H2,30,38)/t13?,16?,21-,28+/m1/s1. The Morgan fingerprint density at radius 3 is 2.33 bits per heavy atom. The first kappa shape index (κ1) is 26.1. The van der Waals surface area contributed by atoms with E-state index in [4.69, 9.17) is 11.5 Å². The van der Waals surface area contributed by atoms with Crippen LogP contribution in [0.5, 0.6) is 5.75 Å². The number of rotatable bonds is 4. The minimum Gasteiger partial charge on any atom is -0.510 e. The monoisotopic (exact) mass is 533 g/mol. The van der Waals surface area contributed by atoms with Crippen molar-refractivity contribution in [3.8, 4) is 16.9 Å². The van der Waals surface area contributed by atoms with Crippen LogP contribution in [-0.4, -0.2) is 74.4 Å². The van der Waals surface area contributed by atoms with E-state index in [-0.39, 0.29) is 35.3 Å². The number of phenols is 1. The van der Waals surface area contributed by atoms with E-state index in [1.54, 1.807) is 44.4 Å². The molecule has 11 heteroatoms. The number of carbonyl (C=O) groups excluding carboxylic acids is 4. The Morgan fingerprint density at radius 1 is 1.03 bits per heavy atom. The maximum absolute atomic E-state index is 13.8. The summed E-state index contributed by atoms with van der Waals surface area (Å²) in [6.45, 7) is 0. The number of nitrogens with zero attached hydrogens (tertiary/aromatic N) is 1. The number of fused-ring (bicyclic) bond motifs is 3. The maximum atomic E-state index is 13.8. The third-order valence-corrected chi connectivity index (χ3v) is 8.06. The van der Waals surface area contributed by atoms with Crippen LogP contribution >= 0.6 is 0 Å². The number of Topliss-reactive ketones (excluding diaryl/α,β-unsaturated/α-hetero) is 2. The first-order valence-corrected chi connectivity index (χ1v) is 12.2. The van der Waals surface area contributed by atoms with E-state index in [1.165, 1.54) is 11.0 Å². The van der Waals surface area contributed by atoms with Crippen molar-refractivity contribution in [2.45, 2.75) is 24.5 Å². The van der Waals surface area contributed by atoms with Gasteiger partial charge in [0.25, 0.3) is 5.91 Å². The molecule has 2 aromatic carbocycles. The number of primary amides is 2. The Morgan fingerprint density at radius 2 is 1.72 bits per heavy atom. The summed E-state index contributed by atoms with van der Waals surface area (Å²) in [5, 5.41) is 44.6. The number of hydrogen-bond acceptors (Lipinski definition) is 9.